The number of carbonyl (C=O) groups is 1. The fourth-order valence-corrected chi connectivity index (χ4v) is 2.68. The molecule has 0 aliphatic rings. The van der Waals surface area contributed by atoms with Gasteiger partial charge in [-0.15, -0.1) is 0 Å². The Morgan fingerprint density at radius 1 is 1.15 bits per heavy atom. The van der Waals surface area contributed by atoms with Crippen molar-refractivity contribution in [1.29, 1.82) is 5.26 Å². The van der Waals surface area contributed by atoms with E-state index < -0.39 is 5.91 Å². The van der Waals surface area contributed by atoms with Crippen molar-refractivity contribution in [2.75, 3.05) is 5.32 Å². The number of nitrogens with zero attached hydrogens (tertiary/aromatic N) is 2. The molecule has 0 unspecified atom stereocenters. The van der Waals surface area contributed by atoms with Crippen LogP contribution in [0.25, 0.3) is 17.3 Å². The first-order valence-electron chi connectivity index (χ1n) is 7.56. The minimum absolute atomic E-state index is 0.0837. The molecule has 3 rings (SSSR count). The molecular weight excluding hydrogens is 371 g/mol. The molecule has 2 aromatic carbocycles. The second-order valence-corrected chi connectivity index (χ2v) is 6.08. The molecule has 0 saturated heterocycles. The summed E-state index contributed by atoms with van der Waals surface area (Å²) in [4.78, 5) is 12.4. The highest BCUT2D eigenvalue weighted by atomic mass is 35.5. The highest BCUT2D eigenvalue weighted by Crippen LogP contribution is 2.30. The minimum atomic E-state index is -0.586. The molecule has 1 heterocycles. The standard InChI is InChI=1S/C19H12Cl2N4O/c20-15-7-4-8-16(17(15)21)24-19(26)13(10-22)9-14-11-23-25-18(14)12-5-2-1-3-6-12/h1-9,11H,(H,23,25)(H,24,26)/b13-9-. The summed E-state index contributed by atoms with van der Waals surface area (Å²) >= 11 is 12.0. The van der Waals surface area contributed by atoms with Crippen molar-refractivity contribution in [2.24, 2.45) is 0 Å². The summed E-state index contributed by atoms with van der Waals surface area (Å²) in [7, 11) is 0. The van der Waals surface area contributed by atoms with E-state index in [9.17, 15) is 10.1 Å². The Morgan fingerprint density at radius 2 is 1.92 bits per heavy atom. The first-order chi connectivity index (χ1) is 12.6. The molecule has 1 amide bonds. The lowest BCUT2D eigenvalue weighted by molar-refractivity contribution is -0.112. The number of carbonyl (C=O) groups excluding carboxylic acids is 1. The van der Waals surface area contributed by atoms with Crippen molar-refractivity contribution >= 4 is 40.9 Å². The van der Waals surface area contributed by atoms with Crippen molar-refractivity contribution in [1.82, 2.24) is 10.2 Å². The average Bonchev–Trinajstić information content (AvgIpc) is 3.12. The van der Waals surface area contributed by atoms with Crippen LogP contribution in [-0.2, 0) is 4.79 Å². The van der Waals surface area contributed by atoms with E-state index in [0.29, 0.717) is 22.0 Å². The monoisotopic (exact) mass is 382 g/mol. The minimum Gasteiger partial charge on any atom is -0.320 e. The quantitative estimate of drug-likeness (QED) is 0.495. The maximum Gasteiger partial charge on any atom is 0.266 e. The number of hydrogen-bond donors (Lipinski definition) is 2. The van der Waals surface area contributed by atoms with Gasteiger partial charge in [0.1, 0.15) is 11.6 Å². The molecule has 0 bridgehead atoms. The number of nitrogens with one attached hydrogen (secondary N) is 2. The normalized spacial score (nSPS) is 11.0. The van der Waals surface area contributed by atoms with Crippen molar-refractivity contribution in [2.45, 2.75) is 0 Å². The lowest BCUT2D eigenvalue weighted by Gasteiger charge is -2.07. The van der Waals surface area contributed by atoms with Crippen LogP contribution in [0.5, 0.6) is 0 Å². The van der Waals surface area contributed by atoms with Gasteiger partial charge in [-0.3, -0.25) is 9.89 Å². The van der Waals surface area contributed by atoms with E-state index in [0.717, 1.165) is 5.56 Å². The summed E-state index contributed by atoms with van der Waals surface area (Å²) < 4.78 is 0. The number of anilines is 1. The largest absolute Gasteiger partial charge is 0.320 e. The molecule has 128 valence electrons. The second kappa shape index (κ2) is 7.87. The number of rotatable bonds is 4. The smallest absolute Gasteiger partial charge is 0.266 e. The van der Waals surface area contributed by atoms with E-state index in [1.165, 1.54) is 6.08 Å². The van der Waals surface area contributed by atoms with E-state index in [1.54, 1.807) is 24.4 Å². The molecule has 26 heavy (non-hydrogen) atoms. The fraction of sp³-hybridized carbons (Fsp3) is 0. The first-order valence-corrected chi connectivity index (χ1v) is 8.31. The van der Waals surface area contributed by atoms with Crippen molar-refractivity contribution < 1.29 is 4.79 Å². The molecule has 5 nitrogen and oxygen atoms in total. The van der Waals surface area contributed by atoms with Gasteiger partial charge in [-0.2, -0.15) is 10.4 Å². The topological polar surface area (TPSA) is 81.6 Å². The lowest BCUT2D eigenvalue weighted by Crippen LogP contribution is -2.13. The predicted molar refractivity (Wildman–Crippen MR) is 103 cm³/mol. The van der Waals surface area contributed by atoms with Crippen LogP contribution >= 0.6 is 23.2 Å². The summed E-state index contributed by atoms with van der Waals surface area (Å²) in [6.07, 6.45) is 3.03. The number of H-pyrrole nitrogens is 1. The van der Waals surface area contributed by atoms with Gasteiger partial charge in [0.05, 0.1) is 27.6 Å². The molecule has 2 N–H and O–H groups in total. The van der Waals surface area contributed by atoms with E-state index in [-0.39, 0.29) is 10.6 Å². The van der Waals surface area contributed by atoms with Gasteiger partial charge in [0.2, 0.25) is 0 Å². The Balaban J connectivity index is 1.90. The molecule has 3 aromatic rings. The lowest BCUT2D eigenvalue weighted by atomic mass is 10.1. The Bertz CT molecular complexity index is 1020. The summed E-state index contributed by atoms with van der Waals surface area (Å²) in [5.41, 5.74) is 2.49. The van der Waals surface area contributed by atoms with Crippen LogP contribution in [0.4, 0.5) is 5.69 Å². The average molecular weight is 383 g/mol. The van der Waals surface area contributed by atoms with E-state index >= 15 is 0 Å². The van der Waals surface area contributed by atoms with Gasteiger partial charge in [0, 0.05) is 11.1 Å². The summed E-state index contributed by atoms with van der Waals surface area (Å²) in [6, 6.07) is 16.3. The molecule has 0 aliphatic carbocycles. The Kier molecular flexibility index (Phi) is 5.37. The fourth-order valence-electron chi connectivity index (χ4n) is 2.34. The number of hydrogen-bond acceptors (Lipinski definition) is 3. The molecule has 7 heteroatoms. The molecule has 0 saturated carbocycles. The van der Waals surface area contributed by atoms with E-state index in [1.807, 2.05) is 36.4 Å². The molecule has 0 fully saturated rings. The van der Waals surface area contributed by atoms with Gasteiger partial charge in [-0.25, -0.2) is 0 Å². The Labute approximate surface area is 159 Å². The number of aromatic nitrogens is 2. The van der Waals surface area contributed by atoms with Gasteiger partial charge in [-0.05, 0) is 18.2 Å². The second-order valence-electron chi connectivity index (χ2n) is 5.29. The van der Waals surface area contributed by atoms with Gasteiger partial charge in [0.15, 0.2) is 0 Å². The molecule has 1 aromatic heterocycles. The highest BCUT2D eigenvalue weighted by Gasteiger charge is 2.14. The van der Waals surface area contributed by atoms with Crippen LogP contribution in [0.2, 0.25) is 10.0 Å². The van der Waals surface area contributed by atoms with Crippen LogP contribution in [0.1, 0.15) is 5.56 Å². The molecule has 0 spiro atoms. The zero-order chi connectivity index (χ0) is 18.5. The van der Waals surface area contributed by atoms with Crippen LogP contribution in [-0.4, -0.2) is 16.1 Å². The van der Waals surface area contributed by atoms with Crippen LogP contribution in [0.15, 0.2) is 60.3 Å². The third-order valence-electron chi connectivity index (χ3n) is 3.60. The molecule has 0 aliphatic heterocycles. The number of aromatic amines is 1. The molecule has 0 atom stereocenters. The summed E-state index contributed by atoms with van der Waals surface area (Å²) in [6.45, 7) is 0. The van der Waals surface area contributed by atoms with Gasteiger partial charge < -0.3 is 5.32 Å². The zero-order valence-electron chi connectivity index (χ0n) is 13.3. The third kappa shape index (κ3) is 3.77. The predicted octanol–water partition coefficient (Wildman–Crippen LogP) is 4.93. The van der Waals surface area contributed by atoms with Crippen LogP contribution < -0.4 is 5.32 Å². The summed E-state index contributed by atoms with van der Waals surface area (Å²) in [5.74, 6) is -0.586. The molecule has 0 radical (unpaired) electrons. The first kappa shape index (κ1) is 17.7. The van der Waals surface area contributed by atoms with Crippen molar-refractivity contribution in [3.05, 3.63) is 75.9 Å². The third-order valence-corrected chi connectivity index (χ3v) is 4.41. The Morgan fingerprint density at radius 3 is 2.65 bits per heavy atom. The SMILES string of the molecule is N#C/C(=C/c1cn[nH]c1-c1ccccc1)C(=O)Nc1cccc(Cl)c1Cl. The zero-order valence-corrected chi connectivity index (χ0v) is 14.8. The number of benzene rings is 2. The maximum absolute atomic E-state index is 12.4. The number of amides is 1. The van der Waals surface area contributed by atoms with Crippen LogP contribution in [0, 0.1) is 11.3 Å². The van der Waals surface area contributed by atoms with Gasteiger partial charge in [0.25, 0.3) is 5.91 Å². The highest BCUT2D eigenvalue weighted by molar-refractivity contribution is 6.44. The van der Waals surface area contributed by atoms with Crippen molar-refractivity contribution in [3.8, 4) is 17.3 Å². The van der Waals surface area contributed by atoms with E-state index in [4.69, 9.17) is 23.2 Å². The van der Waals surface area contributed by atoms with E-state index in [2.05, 4.69) is 15.5 Å². The molecular formula is C19H12Cl2N4O. The Hall–Kier alpha value is -3.07. The summed E-state index contributed by atoms with van der Waals surface area (Å²) in [5, 5.41) is 19.4. The maximum atomic E-state index is 12.4. The van der Waals surface area contributed by atoms with Crippen LogP contribution in [0.3, 0.4) is 0 Å². The number of halogens is 2. The number of nitriles is 1. The van der Waals surface area contributed by atoms with Gasteiger partial charge >= 0.3 is 0 Å². The van der Waals surface area contributed by atoms with Gasteiger partial charge in [-0.1, -0.05) is 59.6 Å². The van der Waals surface area contributed by atoms with Crippen molar-refractivity contribution in [3.63, 3.8) is 0 Å².